The molecule has 0 aliphatic rings. The molecule has 4 rings (SSSR count). The van der Waals surface area contributed by atoms with Gasteiger partial charge in [-0.1, -0.05) is 30.3 Å². The lowest BCUT2D eigenvalue weighted by Crippen LogP contribution is -2.34. The zero-order valence-electron chi connectivity index (χ0n) is 19.2. The summed E-state index contributed by atoms with van der Waals surface area (Å²) in [7, 11) is 0. The Hall–Kier alpha value is -4.13. The van der Waals surface area contributed by atoms with Crippen molar-refractivity contribution in [2.75, 3.05) is 11.9 Å². The molecule has 0 saturated carbocycles. The number of furan rings is 1. The highest BCUT2D eigenvalue weighted by Crippen LogP contribution is 2.24. The van der Waals surface area contributed by atoms with Crippen molar-refractivity contribution in [2.24, 2.45) is 0 Å². The van der Waals surface area contributed by atoms with E-state index in [-0.39, 0.29) is 18.3 Å². The van der Waals surface area contributed by atoms with E-state index in [1.54, 1.807) is 37.4 Å². The summed E-state index contributed by atoms with van der Waals surface area (Å²) in [4.78, 5) is 22.2. The number of benzene rings is 2. The van der Waals surface area contributed by atoms with Crippen LogP contribution in [0.1, 0.15) is 29.7 Å². The Balaban J connectivity index is 1.68. The fraction of sp³-hybridized carbons (Fsp3) is 0.222. The Morgan fingerprint density at radius 2 is 1.85 bits per heavy atom. The number of phenols is 1. The standard InChI is InChI=1S/C27H27N3O4/c1-3-33-27(32)24(16-22-14-9-18(2)34-22)30-26-23(15-19-7-5-4-6-8-19)29-25(17-28-26)20-10-12-21(31)13-11-20/h4-14,17,24,31H,3,15-16H2,1-2H3,(H,28,30). The quantitative estimate of drug-likeness (QED) is 0.344. The average Bonchev–Trinajstić information content (AvgIpc) is 3.25. The molecule has 2 N–H and O–H groups in total. The van der Waals surface area contributed by atoms with Gasteiger partial charge >= 0.3 is 5.97 Å². The van der Waals surface area contributed by atoms with Gasteiger partial charge in [-0.15, -0.1) is 0 Å². The molecule has 7 heteroatoms. The van der Waals surface area contributed by atoms with E-state index in [1.807, 2.05) is 49.4 Å². The number of ether oxygens (including phenoxy) is 1. The number of aromatic nitrogens is 2. The maximum atomic E-state index is 12.8. The van der Waals surface area contributed by atoms with Gasteiger partial charge in [-0.25, -0.2) is 14.8 Å². The lowest BCUT2D eigenvalue weighted by molar-refractivity contribution is -0.144. The highest BCUT2D eigenvalue weighted by molar-refractivity contribution is 5.79. The van der Waals surface area contributed by atoms with Gasteiger partial charge < -0.3 is 19.6 Å². The minimum atomic E-state index is -0.686. The van der Waals surface area contributed by atoms with Crippen LogP contribution in [0.2, 0.25) is 0 Å². The Bertz CT molecular complexity index is 1240. The van der Waals surface area contributed by atoms with Crippen LogP contribution in [0.4, 0.5) is 5.82 Å². The molecule has 4 aromatic rings. The van der Waals surface area contributed by atoms with Crippen LogP contribution in [0, 0.1) is 6.92 Å². The third kappa shape index (κ3) is 5.81. The largest absolute Gasteiger partial charge is 0.508 e. The highest BCUT2D eigenvalue weighted by Gasteiger charge is 2.24. The molecule has 7 nitrogen and oxygen atoms in total. The molecule has 0 bridgehead atoms. The van der Waals surface area contributed by atoms with Crippen molar-refractivity contribution in [2.45, 2.75) is 32.7 Å². The molecule has 1 atom stereocenters. The van der Waals surface area contributed by atoms with Crippen molar-refractivity contribution in [3.8, 4) is 17.0 Å². The van der Waals surface area contributed by atoms with Gasteiger partial charge in [0.25, 0.3) is 0 Å². The zero-order valence-corrected chi connectivity index (χ0v) is 19.2. The molecular formula is C27H27N3O4. The SMILES string of the molecule is CCOC(=O)C(Cc1ccc(C)o1)Nc1ncc(-c2ccc(O)cc2)nc1Cc1ccccc1. The van der Waals surface area contributed by atoms with Gasteiger partial charge in [0.15, 0.2) is 0 Å². The number of phenolic OH excluding ortho intramolecular Hbond substituents is 1. The van der Waals surface area contributed by atoms with Gasteiger partial charge in [-0.3, -0.25) is 0 Å². The number of hydrogen-bond donors (Lipinski definition) is 2. The maximum Gasteiger partial charge on any atom is 0.329 e. The summed E-state index contributed by atoms with van der Waals surface area (Å²) in [5.41, 5.74) is 3.27. The van der Waals surface area contributed by atoms with Crippen LogP contribution in [0.15, 0.2) is 77.3 Å². The van der Waals surface area contributed by atoms with E-state index in [2.05, 4.69) is 10.3 Å². The Morgan fingerprint density at radius 3 is 2.53 bits per heavy atom. The van der Waals surface area contributed by atoms with Crippen molar-refractivity contribution < 1.29 is 19.1 Å². The summed E-state index contributed by atoms with van der Waals surface area (Å²) in [5, 5.41) is 12.9. The van der Waals surface area contributed by atoms with E-state index >= 15 is 0 Å². The minimum Gasteiger partial charge on any atom is -0.508 e. The van der Waals surface area contributed by atoms with Crippen LogP contribution < -0.4 is 5.32 Å². The van der Waals surface area contributed by atoms with E-state index in [0.717, 1.165) is 16.9 Å². The minimum absolute atomic E-state index is 0.185. The number of esters is 1. The Kier molecular flexibility index (Phi) is 7.22. The first-order chi connectivity index (χ1) is 16.5. The average molecular weight is 458 g/mol. The van der Waals surface area contributed by atoms with Gasteiger partial charge in [0.05, 0.1) is 24.2 Å². The molecule has 0 radical (unpaired) electrons. The smallest absolute Gasteiger partial charge is 0.329 e. The number of carbonyl (C=O) groups excluding carboxylic acids is 1. The third-order valence-corrected chi connectivity index (χ3v) is 5.31. The van der Waals surface area contributed by atoms with Gasteiger partial charge in [-0.2, -0.15) is 0 Å². The molecule has 0 aliphatic carbocycles. The van der Waals surface area contributed by atoms with Crippen molar-refractivity contribution in [1.29, 1.82) is 0 Å². The van der Waals surface area contributed by atoms with Crippen molar-refractivity contribution in [1.82, 2.24) is 9.97 Å². The molecular weight excluding hydrogens is 430 g/mol. The molecule has 0 fully saturated rings. The molecule has 34 heavy (non-hydrogen) atoms. The summed E-state index contributed by atoms with van der Waals surface area (Å²) in [6.07, 6.45) is 2.50. The lowest BCUT2D eigenvalue weighted by atomic mass is 10.1. The van der Waals surface area contributed by atoms with E-state index in [1.165, 1.54) is 0 Å². The molecule has 1 unspecified atom stereocenters. The van der Waals surface area contributed by atoms with Crippen LogP contribution in [0.3, 0.4) is 0 Å². The second-order valence-electron chi connectivity index (χ2n) is 7.93. The monoisotopic (exact) mass is 457 g/mol. The lowest BCUT2D eigenvalue weighted by Gasteiger charge is -2.19. The number of carbonyl (C=O) groups is 1. The topological polar surface area (TPSA) is 97.5 Å². The number of aromatic hydroxyl groups is 1. The number of anilines is 1. The number of nitrogens with one attached hydrogen (secondary N) is 1. The number of aryl methyl sites for hydroxylation is 1. The Morgan fingerprint density at radius 1 is 1.09 bits per heavy atom. The highest BCUT2D eigenvalue weighted by atomic mass is 16.5. The van der Waals surface area contributed by atoms with E-state index in [0.29, 0.717) is 35.8 Å². The van der Waals surface area contributed by atoms with Crippen LogP contribution in [-0.2, 0) is 22.4 Å². The van der Waals surface area contributed by atoms with Gasteiger partial charge in [-0.05, 0) is 55.8 Å². The molecule has 0 spiro atoms. The second kappa shape index (κ2) is 10.7. The number of rotatable bonds is 9. The molecule has 2 aromatic carbocycles. The molecule has 2 heterocycles. The first kappa shape index (κ1) is 23.0. The predicted octanol–water partition coefficient (Wildman–Crippen LogP) is 4.93. The van der Waals surface area contributed by atoms with E-state index in [4.69, 9.17) is 14.1 Å². The summed E-state index contributed by atoms with van der Waals surface area (Å²) in [6, 6.07) is 19.8. The fourth-order valence-electron chi connectivity index (χ4n) is 3.63. The maximum absolute atomic E-state index is 12.8. The Labute approximate surface area is 198 Å². The molecule has 0 saturated heterocycles. The van der Waals surface area contributed by atoms with Crippen molar-refractivity contribution >= 4 is 11.8 Å². The van der Waals surface area contributed by atoms with Crippen LogP contribution in [-0.4, -0.2) is 33.7 Å². The molecule has 0 aliphatic heterocycles. The third-order valence-electron chi connectivity index (χ3n) is 5.31. The van der Waals surface area contributed by atoms with E-state index < -0.39 is 6.04 Å². The second-order valence-corrected chi connectivity index (χ2v) is 7.93. The van der Waals surface area contributed by atoms with Crippen molar-refractivity contribution in [3.63, 3.8) is 0 Å². The normalized spacial score (nSPS) is 11.7. The first-order valence-electron chi connectivity index (χ1n) is 11.2. The number of hydrogen-bond acceptors (Lipinski definition) is 7. The van der Waals surface area contributed by atoms with Crippen LogP contribution in [0.5, 0.6) is 5.75 Å². The number of nitrogens with zero attached hydrogens (tertiary/aromatic N) is 2. The van der Waals surface area contributed by atoms with Crippen LogP contribution >= 0.6 is 0 Å². The molecule has 2 aromatic heterocycles. The van der Waals surface area contributed by atoms with Gasteiger partial charge in [0, 0.05) is 18.4 Å². The zero-order chi connectivity index (χ0) is 23.9. The van der Waals surface area contributed by atoms with Crippen LogP contribution in [0.25, 0.3) is 11.3 Å². The summed E-state index contributed by atoms with van der Waals surface area (Å²) in [5.74, 6) is 1.77. The molecule has 0 amide bonds. The summed E-state index contributed by atoms with van der Waals surface area (Å²) >= 11 is 0. The summed E-state index contributed by atoms with van der Waals surface area (Å²) in [6.45, 7) is 3.91. The first-order valence-corrected chi connectivity index (χ1v) is 11.2. The van der Waals surface area contributed by atoms with Gasteiger partial charge in [0.1, 0.15) is 29.1 Å². The predicted molar refractivity (Wildman–Crippen MR) is 130 cm³/mol. The fourth-order valence-corrected chi connectivity index (χ4v) is 3.63. The van der Waals surface area contributed by atoms with E-state index in [9.17, 15) is 9.90 Å². The molecule has 174 valence electrons. The van der Waals surface area contributed by atoms with Crippen molar-refractivity contribution in [3.05, 3.63) is 95.7 Å². The van der Waals surface area contributed by atoms with Gasteiger partial charge in [0.2, 0.25) is 0 Å². The summed E-state index contributed by atoms with van der Waals surface area (Å²) < 4.78 is 11.0.